The highest BCUT2D eigenvalue weighted by Gasteiger charge is 2.21. The van der Waals surface area contributed by atoms with Crippen LogP contribution in [0.1, 0.15) is 44.1 Å². The second-order valence-corrected chi connectivity index (χ2v) is 5.36. The summed E-state index contributed by atoms with van der Waals surface area (Å²) >= 11 is 0. The molecule has 18 heavy (non-hydrogen) atoms. The summed E-state index contributed by atoms with van der Waals surface area (Å²) in [6.07, 6.45) is 10.1. The number of anilines is 1. The highest BCUT2D eigenvalue weighted by molar-refractivity contribution is 5.77. The van der Waals surface area contributed by atoms with Crippen molar-refractivity contribution in [2.75, 3.05) is 11.9 Å². The topological polar surface area (TPSA) is 12.0 Å². The van der Waals surface area contributed by atoms with Crippen molar-refractivity contribution in [3.05, 3.63) is 41.6 Å². The summed E-state index contributed by atoms with van der Waals surface area (Å²) in [5, 5.41) is 3.54. The van der Waals surface area contributed by atoms with Gasteiger partial charge in [0.15, 0.2) is 0 Å². The lowest BCUT2D eigenvalue weighted by Gasteiger charge is -2.25. The van der Waals surface area contributed by atoms with Crippen LogP contribution in [0.2, 0.25) is 0 Å². The zero-order valence-corrected chi connectivity index (χ0v) is 10.9. The molecule has 0 atom stereocenters. The maximum Gasteiger partial charge on any atom is 0.0423 e. The van der Waals surface area contributed by atoms with E-state index < -0.39 is 0 Å². The average molecular weight is 239 g/mol. The first-order chi connectivity index (χ1) is 8.95. The van der Waals surface area contributed by atoms with Crippen molar-refractivity contribution in [2.24, 2.45) is 5.92 Å². The van der Waals surface area contributed by atoms with Crippen molar-refractivity contribution in [2.45, 2.75) is 38.5 Å². The second-order valence-electron chi connectivity index (χ2n) is 5.36. The monoisotopic (exact) mass is 239 g/mol. The van der Waals surface area contributed by atoms with E-state index in [2.05, 4.69) is 41.4 Å². The maximum absolute atomic E-state index is 3.60. The highest BCUT2D eigenvalue weighted by atomic mass is 14.9. The van der Waals surface area contributed by atoms with Gasteiger partial charge in [-0.15, -0.1) is 5.73 Å². The fourth-order valence-electron chi connectivity index (χ4n) is 3.14. The second kappa shape index (κ2) is 5.46. The van der Waals surface area contributed by atoms with E-state index in [0.717, 1.165) is 18.9 Å². The van der Waals surface area contributed by atoms with E-state index in [1.807, 2.05) is 0 Å². The number of rotatable bonds is 1. The molecule has 0 aromatic heterocycles. The number of hydrogen-bond donors (Lipinski definition) is 1. The molecule has 0 spiro atoms. The normalized spacial score (nSPS) is 20.3. The molecule has 1 aliphatic carbocycles. The van der Waals surface area contributed by atoms with E-state index >= 15 is 0 Å². The lowest BCUT2D eigenvalue weighted by molar-refractivity contribution is 0.429. The lowest BCUT2D eigenvalue weighted by Crippen LogP contribution is -2.11. The molecule has 0 amide bonds. The molecule has 0 unspecified atom stereocenters. The predicted octanol–water partition coefficient (Wildman–Crippen LogP) is 4.62. The van der Waals surface area contributed by atoms with Crippen LogP contribution in [0.3, 0.4) is 0 Å². The summed E-state index contributed by atoms with van der Waals surface area (Å²) < 4.78 is 0. The van der Waals surface area contributed by atoms with Crippen LogP contribution in [0.5, 0.6) is 0 Å². The third-order valence-corrected chi connectivity index (χ3v) is 4.09. The smallest absolute Gasteiger partial charge is 0.0423 e. The molecule has 0 radical (unpaired) electrons. The largest absolute Gasteiger partial charge is 0.384 e. The fourth-order valence-corrected chi connectivity index (χ4v) is 3.14. The van der Waals surface area contributed by atoms with Crippen molar-refractivity contribution in [1.82, 2.24) is 0 Å². The van der Waals surface area contributed by atoms with Crippen LogP contribution >= 0.6 is 0 Å². The van der Waals surface area contributed by atoms with Gasteiger partial charge in [-0.3, -0.25) is 0 Å². The molecule has 2 aliphatic rings. The molecule has 1 heterocycles. The van der Waals surface area contributed by atoms with Gasteiger partial charge in [0.1, 0.15) is 0 Å². The Morgan fingerprint density at radius 2 is 1.89 bits per heavy atom. The Labute approximate surface area is 110 Å². The van der Waals surface area contributed by atoms with Gasteiger partial charge in [0.05, 0.1) is 0 Å². The van der Waals surface area contributed by atoms with Gasteiger partial charge in [-0.2, -0.15) is 0 Å². The molecule has 0 bridgehead atoms. The van der Waals surface area contributed by atoms with Gasteiger partial charge in [0.2, 0.25) is 0 Å². The highest BCUT2D eigenvalue weighted by Crippen LogP contribution is 2.37. The van der Waals surface area contributed by atoms with E-state index in [4.69, 9.17) is 0 Å². The molecular formula is C17H21N. The third-order valence-electron chi connectivity index (χ3n) is 4.09. The van der Waals surface area contributed by atoms with E-state index in [9.17, 15) is 0 Å². The molecule has 1 aromatic rings. The Balaban J connectivity index is 2.01. The predicted molar refractivity (Wildman–Crippen MR) is 77.6 cm³/mol. The van der Waals surface area contributed by atoms with Gasteiger partial charge in [0.25, 0.3) is 0 Å². The van der Waals surface area contributed by atoms with Crippen LogP contribution in [0.15, 0.2) is 36.1 Å². The van der Waals surface area contributed by atoms with E-state index in [0.29, 0.717) is 0 Å². The van der Waals surface area contributed by atoms with Crippen molar-refractivity contribution in [3.8, 4) is 0 Å². The fraction of sp³-hybridized carbons (Fsp3) is 0.471. The zero-order valence-electron chi connectivity index (χ0n) is 10.9. The van der Waals surface area contributed by atoms with Gasteiger partial charge in [0, 0.05) is 23.4 Å². The van der Waals surface area contributed by atoms with Crippen molar-refractivity contribution >= 4 is 11.3 Å². The molecule has 1 aromatic carbocycles. The van der Waals surface area contributed by atoms with Gasteiger partial charge in [-0.1, -0.05) is 37.5 Å². The van der Waals surface area contributed by atoms with E-state index in [1.165, 1.54) is 48.9 Å². The number of benzene rings is 1. The van der Waals surface area contributed by atoms with Crippen LogP contribution in [0.4, 0.5) is 5.69 Å². The molecule has 1 heteroatoms. The summed E-state index contributed by atoms with van der Waals surface area (Å²) in [6, 6.07) is 8.71. The van der Waals surface area contributed by atoms with Crippen LogP contribution < -0.4 is 5.32 Å². The molecule has 0 saturated heterocycles. The number of hydrogen-bond acceptors (Lipinski definition) is 1. The Bertz CT molecular complexity index is 474. The first-order valence-electron chi connectivity index (χ1n) is 7.23. The van der Waals surface area contributed by atoms with Gasteiger partial charge >= 0.3 is 0 Å². The van der Waals surface area contributed by atoms with Crippen molar-refractivity contribution in [1.29, 1.82) is 0 Å². The molecule has 1 aliphatic heterocycles. The van der Waals surface area contributed by atoms with Crippen molar-refractivity contribution < 1.29 is 0 Å². The maximum atomic E-state index is 3.60. The number of nitrogens with one attached hydrogen (secondary N) is 1. The zero-order chi connectivity index (χ0) is 12.2. The first kappa shape index (κ1) is 11.6. The molecular weight excluding hydrogens is 218 g/mol. The summed E-state index contributed by atoms with van der Waals surface area (Å²) in [4.78, 5) is 0. The lowest BCUT2D eigenvalue weighted by atomic mass is 9.80. The Morgan fingerprint density at radius 1 is 1.06 bits per heavy atom. The quantitative estimate of drug-likeness (QED) is 0.705. The molecule has 1 saturated carbocycles. The van der Waals surface area contributed by atoms with E-state index in [-0.39, 0.29) is 0 Å². The summed E-state index contributed by atoms with van der Waals surface area (Å²) in [5.74, 6) is 0.719. The van der Waals surface area contributed by atoms with Crippen LogP contribution in [-0.2, 0) is 0 Å². The van der Waals surface area contributed by atoms with Crippen LogP contribution in [-0.4, -0.2) is 6.54 Å². The third kappa shape index (κ3) is 2.37. The summed E-state index contributed by atoms with van der Waals surface area (Å²) in [5.41, 5.74) is 7.71. The molecule has 3 rings (SSSR count). The first-order valence-corrected chi connectivity index (χ1v) is 7.23. The van der Waals surface area contributed by atoms with Crippen molar-refractivity contribution in [3.63, 3.8) is 0 Å². The number of fused-ring (bicyclic) bond motifs is 1. The summed E-state index contributed by atoms with van der Waals surface area (Å²) in [7, 11) is 0. The molecule has 1 fully saturated rings. The minimum absolute atomic E-state index is 0.719. The average Bonchev–Trinajstić information content (AvgIpc) is 2.41. The minimum Gasteiger partial charge on any atom is -0.384 e. The Morgan fingerprint density at radius 3 is 2.78 bits per heavy atom. The Hall–Kier alpha value is -1.46. The molecule has 1 N–H and O–H groups in total. The standard InChI is InChI=1S/C17H21N/c1-2-8-14(9-3-1)15-10-6-7-13-18-17-12-5-4-11-16(15)17/h4-6,11-12,14,18H,1-3,7-9,13H2. The van der Waals surface area contributed by atoms with Gasteiger partial charge in [-0.25, -0.2) is 0 Å². The van der Waals surface area contributed by atoms with Gasteiger partial charge < -0.3 is 5.32 Å². The molecule has 94 valence electrons. The van der Waals surface area contributed by atoms with E-state index in [1.54, 1.807) is 0 Å². The van der Waals surface area contributed by atoms with Crippen LogP contribution in [0.25, 0.3) is 5.57 Å². The minimum atomic E-state index is 0.719. The SMILES string of the molecule is C1=CCCNc2ccccc2C=1C1CCCCC1. The number of para-hydroxylation sites is 1. The van der Waals surface area contributed by atoms with Crippen LogP contribution in [0, 0.1) is 5.92 Å². The Kier molecular flexibility index (Phi) is 3.52. The van der Waals surface area contributed by atoms with Gasteiger partial charge in [-0.05, 0) is 37.3 Å². The molecule has 1 nitrogen and oxygen atoms in total. The summed E-state index contributed by atoms with van der Waals surface area (Å²) in [6.45, 7) is 1.02.